The molecule has 0 spiro atoms. The van der Waals surface area contributed by atoms with E-state index in [2.05, 4.69) is 0 Å². The van der Waals surface area contributed by atoms with E-state index < -0.39 is 12.6 Å². The van der Waals surface area contributed by atoms with E-state index in [1.165, 1.54) is 0 Å². The first-order chi connectivity index (χ1) is 17.3. The van der Waals surface area contributed by atoms with Gasteiger partial charge in [0.2, 0.25) is 12.6 Å². The first-order valence-electron chi connectivity index (χ1n) is 11.9. The minimum Gasteiger partial charge on any atom is -0.781 e. The van der Waals surface area contributed by atoms with E-state index >= 15 is 0 Å². The van der Waals surface area contributed by atoms with Gasteiger partial charge in [0.25, 0.3) is 0 Å². The molecule has 2 atom stereocenters. The maximum atomic E-state index is 11.8. The third-order valence-electron chi connectivity index (χ3n) is 5.59. The first-order valence-corrected chi connectivity index (χ1v) is 13.5. The standard InChI is InChI=1S/2C13H16O3S2.Cu/c2*14-11(16-12-6-1-2-7-15-12)8-9-4-3-5-10(17)13(9)18;/h2*3-5,12,17-18H,1-2,6-8H2;/p-4. The van der Waals surface area contributed by atoms with Gasteiger partial charge < -0.3 is 69.5 Å². The summed E-state index contributed by atoms with van der Waals surface area (Å²) in [6.45, 7) is 1.32. The molecule has 37 heavy (non-hydrogen) atoms. The van der Waals surface area contributed by atoms with E-state index in [4.69, 9.17) is 69.5 Å². The molecule has 0 aliphatic carbocycles. The predicted molar refractivity (Wildman–Crippen MR) is 142 cm³/mol. The van der Waals surface area contributed by atoms with Crippen molar-refractivity contribution in [2.24, 2.45) is 0 Å². The second-order valence-electron chi connectivity index (χ2n) is 8.41. The number of benzene rings is 2. The molecule has 2 saturated heterocycles. The molecule has 2 aromatic rings. The Kier molecular flexibility index (Phi) is 14.3. The third kappa shape index (κ3) is 10.8. The molecular weight excluding hydrogens is 600 g/mol. The number of ether oxygens (including phenoxy) is 4. The van der Waals surface area contributed by atoms with Crippen LogP contribution in [0.3, 0.4) is 0 Å². The topological polar surface area (TPSA) is 71.1 Å². The average molecular weight is 628 g/mol. The Bertz CT molecular complexity index is 945. The van der Waals surface area contributed by atoms with Gasteiger partial charge in [-0.1, -0.05) is 47.5 Å². The third-order valence-corrected chi connectivity index (χ3v) is 7.50. The Labute approximate surface area is 251 Å². The van der Waals surface area contributed by atoms with Gasteiger partial charge in [0.1, 0.15) is 0 Å². The maximum Gasteiger partial charge on any atom is 0.312 e. The molecule has 0 bridgehead atoms. The number of hydrogen-bond donors (Lipinski definition) is 0. The molecule has 6 nitrogen and oxygen atoms in total. The van der Waals surface area contributed by atoms with Gasteiger partial charge in [-0.15, -0.1) is 0 Å². The van der Waals surface area contributed by atoms with Crippen LogP contribution >= 0.6 is 0 Å². The van der Waals surface area contributed by atoms with Gasteiger partial charge in [-0.2, -0.15) is 19.6 Å². The minimum absolute atomic E-state index is 0. The number of carbonyl (C=O) groups is 2. The zero-order valence-corrected chi connectivity index (χ0v) is 24.3. The van der Waals surface area contributed by atoms with Gasteiger partial charge in [-0.25, -0.2) is 0 Å². The number of rotatable bonds is 6. The van der Waals surface area contributed by atoms with E-state index in [0.717, 1.165) is 49.7 Å². The molecule has 2 aliphatic heterocycles. The Morgan fingerprint density at radius 3 is 1.46 bits per heavy atom. The zero-order valence-electron chi connectivity index (χ0n) is 20.1. The van der Waals surface area contributed by atoms with Crippen LogP contribution in [-0.4, -0.2) is 37.7 Å². The molecule has 11 heteroatoms. The Morgan fingerprint density at radius 1 is 0.703 bits per heavy atom. The van der Waals surface area contributed by atoms with Crippen LogP contribution in [0.1, 0.15) is 49.7 Å². The van der Waals surface area contributed by atoms with Crippen LogP contribution in [0.2, 0.25) is 0 Å². The number of hydrogen-bond acceptors (Lipinski definition) is 10. The van der Waals surface area contributed by atoms with Crippen molar-refractivity contribution < 1.29 is 45.6 Å². The van der Waals surface area contributed by atoms with Crippen molar-refractivity contribution in [1.82, 2.24) is 0 Å². The second kappa shape index (κ2) is 16.6. The Morgan fingerprint density at radius 2 is 1.11 bits per heavy atom. The molecule has 4 rings (SSSR count). The summed E-state index contributed by atoms with van der Waals surface area (Å²) in [5.41, 5.74) is 1.50. The summed E-state index contributed by atoms with van der Waals surface area (Å²) in [4.78, 5) is 25.9. The summed E-state index contributed by atoms with van der Waals surface area (Å²) >= 11 is 20.5. The summed E-state index contributed by atoms with van der Waals surface area (Å²) in [5.74, 6) is -0.623. The summed E-state index contributed by atoms with van der Waals surface area (Å²) in [6.07, 6.45) is 5.19. The minimum atomic E-state index is -0.397. The SMILES string of the molecule is O=C(Cc1cccc([S-])c1[S-])OC1CCCCO1.O=C(Cc1cccc([S-])c1[S-])OC1CCCCO1.[Cu]. The quantitative estimate of drug-likeness (QED) is 0.264. The van der Waals surface area contributed by atoms with E-state index in [0.29, 0.717) is 32.8 Å². The molecule has 2 heterocycles. The van der Waals surface area contributed by atoms with Crippen molar-refractivity contribution in [1.29, 1.82) is 0 Å². The van der Waals surface area contributed by atoms with Crippen molar-refractivity contribution in [3.05, 3.63) is 47.5 Å². The predicted octanol–water partition coefficient (Wildman–Crippen LogP) is 4.22. The van der Waals surface area contributed by atoms with Crippen molar-refractivity contribution in [3.63, 3.8) is 0 Å². The smallest absolute Gasteiger partial charge is 0.312 e. The van der Waals surface area contributed by atoms with Crippen LogP contribution in [0, 0.1) is 0 Å². The van der Waals surface area contributed by atoms with Crippen LogP contribution in [0.4, 0.5) is 0 Å². The molecule has 0 amide bonds. The van der Waals surface area contributed by atoms with E-state index in [-0.39, 0.29) is 41.8 Å². The van der Waals surface area contributed by atoms with Gasteiger partial charge in [0, 0.05) is 29.9 Å². The van der Waals surface area contributed by atoms with Crippen molar-refractivity contribution in [2.75, 3.05) is 13.2 Å². The van der Waals surface area contributed by atoms with Gasteiger partial charge >= 0.3 is 11.9 Å². The Balaban J connectivity index is 0.000000253. The van der Waals surface area contributed by atoms with E-state index in [1.807, 2.05) is 0 Å². The van der Waals surface area contributed by atoms with Crippen molar-refractivity contribution in [3.8, 4) is 0 Å². The molecule has 207 valence electrons. The number of carbonyl (C=O) groups excluding carboxylic acids is 2. The molecule has 0 aromatic heterocycles. The molecular formula is C26H28CuO6S4-4. The molecule has 0 N–H and O–H groups in total. The molecule has 2 unspecified atom stereocenters. The van der Waals surface area contributed by atoms with Crippen LogP contribution in [0.15, 0.2) is 56.0 Å². The second-order valence-corrected chi connectivity index (χ2v) is 10.1. The normalized spacial score (nSPS) is 18.9. The largest absolute Gasteiger partial charge is 0.781 e. The summed E-state index contributed by atoms with van der Waals surface area (Å²) in [5, 5.41) is 0. The maximum absolute atomic E-state index is 11.8. The summed E-state index contributed by atoms with van der Waals surface area (Å²) < 4.78 is 21.2. The van der Waals surface area contributed by atoms with Crippen LogP contribution in [0.5, 0.6) is 0 Å². The van der Waals surface area contributed by atoms with Crippen LogP contribution in [0.25, 0.3) is 0 Å². The molecule has 0 saturated carbocycles. The fourth-order valence-electron chi connectivity index (χ4n) is 3.70. The zero-order chi connectivity index (χ0) is 25.9. The van der Waals surface area contributed by atoms with Crippen molar-refractivity contribution >= 4 is 62.5 Å². The Hall–Kier alpha value is -1.30. The fraction of sp³-hybridized carbons (Fsp3) is 0.462. The average Bonchev–Trinajstić information content (AvgIpc) is 2.86. The van der Waals surface area contributed by atoms with E-state index in [1.54, 1.807) is 36.4 Å². The molecule has 2 aliphatic rings. The molecule has 2 fully saturated rings. The van der Waals surface area contributed by atoms with E-state index in [9.17, 15) is 9.59 Å². The van der Waals surface area contributed by atoms with Gasteiger partial charge in [0.05, 0.1) is 26.1 Å². The summed E-state index contributed by atoms with van der Waals surface area (Å²) in [6, 6.07) is 10.7. The fourth-order valence-corrected chi connectivity index (χ4v) is 4.53. The van der Waals surface area contributed by atoms with Crippen LogP contribution in [-0.2, 0) is 109 Å². The first kappa shape index (κ1) is 31.9. The van der Waals surface area contributed by atoms with Gasteiger partial charge in [0.15, 0.2) is 0 Å². The van der Waals surface area contributed by atoms with Gasteiger partial charge in [-0.3, -0.25) is 9.59 Å². The molecule has 1 radical (unpaired) electrons. The van der Waals surface area contributed by atoms with Gasteiger partial charge in [-0.05, 0) is 25.7 Å². The van der Waals surface area contributed by atoms with Crippen LogP contribution < -0.4 is 0 Å². The summed E-state index contributed by atoms with van der Waals surface area (Å²) in [7, 11) is 0. The molecule has 2 aromatic carbocycles. The number of esters is 2. The monoisotopic (exact) mass is 627 g/mol. The van der Waals surface area contributed by atoms with Crippen molar-refractivity contribution in [2.45, 2.75) is 83.5 Å².